The maximum absolute atomic E-state index is 13.7. The quantitative estimate of drug-likeness (QED) is 0.529. The molecule has 0 unspecified atom stereocenters. The Hall–Kier alpha value is -2.73. The number of para-hydroxylation sites is 1. The van der Waals surface area contributed by atoms with Gasteiger partial charge in [-0.25, -0.2) is 14.2 Å². The number of aryl methyl sites for hydroxylation is 4. The molecule has 0 saturated carbocycles. The van der Waals surface area contributed by atoms with E-state index in [-0.39, 0.29) is 5.56 Å². The van der Waals surface area contributed by atoms with Crippen LogP contribution in [0.2, 0.25) is 0 Å². The van der Waals surface area contributed by atoms with E-state index in [0.29, 0.717) is 5.95 Å². The summed E-state index contributed by atoms with van der Waals surface area (Å²) in [6, 6.07) is 11.7. The SMILES string of the molecule is Cc1cc(C)n(-c2nc3sc4c(c3c(=O)n2-c2ccccc2)CCCC4)n1. The van der Waals surface area contributed by atoms with Gasteiger partial charge in [0, 0.05) is 10.6 Å². The van der Waals surface area contributed by atoms with Crippen LogP contribution >= 0.6 is 11.3 Å². The molecular weight excluding hydrogens is 356 g/mol. The van der Waals surface area contributed by atoms with Crippen molar-refractivity contribution in [2.45, 2.75) is 39.5 Å². The van der Waals surface area contributed by atoms with Gasteiger partial charge in [0.05, 0.1) is 16.8 Å². The van der Waals surface area contributed by atoms with Crippen molar-refractivity contribution in [2.24, 2.45) is 0 Å². The van der Waals surface area contributed by atoms with Crippen LogP contribution in [0.15, 0.2) is 41.2 Å². The monoisotopic (exact) mass is 376 g/mol. The molecule has 1 aliphatic carbocycles. The predicted molar refractivity (Wildman–Crippen MR) is 108 cm³/mol. The van der Waals surface area contributed by atoms with Crippen LogP contribution in [0, 0.1) is 13.8 Å². The van der Waals surface area contributed by atoms with Crippen molar-refractivity contribution in [3.8, 4) is 11.6 Å². The molecule has 5 nitrogen and oxygen atoms in total. The largest absolute Gasteiger partial charge is 0.268 e. The Morgan fingerprint density at radius 1 is 1.07 bits per heavy atom. The first kappa shape index (κ1) is 16.4. The fraction of sp³-hybridized carbons (Fsp3) is 0.286. The second-order valence-corrected chi connectivity index (χ2v) is 8.20. The highest BCUT2D eigenvalue weighted by molar-refractivity contribution is 7.18. The fourth-order valence-electron chi connectivity index (χ4n) is 3.98. The highest BCUT2D eigenvalue weighted by Gasteiger charge is 2.24. The summed E-state index contributed by atoms with van der Waals surface area (Å²) < 4.78 is 3.49. The molecule has 0 fully saturated rings. The van der Waals surface area contributed by atoms with E-state index in [4.69, 9.17) is 4.98 Å². The zero-order valence-electron chi connectivity index (χ0n) is 15.4. The number of thiophene rings is 1. The van der Waals surface area contributed by atoms with Gasteiger partial charge in [-0.05, 0) is 63.3 Å². The van der Waals surface area contributed by atoms with Crippen LogP contribution in [0.4, 0.5) is 0 Å². The lowest BCUT2D eigenvalue weighted by molar-refractivity contribution is 0.698. The van der Waals surface area contributed by atoms with Gasteiger partial charge < -0.3 is 0 Å². The number of fused-ring (bicyclic) bond motifs is 3. The van der Waals surface area contributed by atoms with Crippen molar-refractivity contribution in [2.75, 3.05) is 0 Å². The van der Waals surface area contributed by atoms with E-state index in [1.54, 1.807) is 20.6 Å². The maximum atomic E-state index is 13.7. The number of nitrogens with zero attached hydrogens (tertiary/aromatic N) is 4. The molecule has 0 bridgehead atoms. The van der Waals surface area contributed by atoms with Crippen LogP contribution < -0.4 is 5.56 Å². The molecule has 6 heteroatoms. The first-order chi connectivity index (χ1) is 13.1. The van der Waals surface area contributed by atoms with E-state index < -0.39 is 0 Å². The van der Waals surface area contributed by atoms with Crippen LogP contribution in [0.1, 0.15) is 34.7 Å². The normalized spacial score (nSPS) is 13.9. The van der Waals surface area contributed by atoms with Crippen LogP contribution in [-0.4, -0.2) is 19.3 Å². The summed E-state index contributed by atoms with van der Waals surface area (Å²) in [6.07, 6.45) is 4.36. The van der Waals surface area contributed by atoms with Gasteiger partial charge in [0.2, 0.25) is 5.95 Å². The Morgan fingerprint density at radius 2 is 1.85 bits per heavy atom. The van der Waals surface area contributed by atoms with Crippen LogP contribution in [0.3, 0.4) is 0 Å². The van der Waals surface area contributed by atoms with Crippen molar-refractivity contribution < 1.29 is 0 Å². The van der Waals surface area contributed by atoms with E-state index in [2.05, 4.69) is 5.10 Å². The second-order valence-electron chi connectivity index (χ2n) is 7.12. The van der Waals surface area contributed by atoms with E-state index >= 15 is 0 Å². The van der Waals surface area contributed by atoms with Crippen LogP contribution in [0.25, 0.3) is 21.9 Å². The Morgan fingerprint density at radius 3 is 2.59 bits per heavy atom. The Labute approximate surface area is 160 Å². The predicted octanol–water partition coefficient (Wildman–Crippen LogP) is 4.13. The molecule has 3 aromatic heterocycles. The first-order valence-electron chi connectivity index (χ1n) is 9.30. The lowest BCUT2D eigenvalue weighted by Gasteiger charge is -2.14. The zero-order valence-corrected chi connectivity index (χ0v) is 16.2. The molecule has 1 aliphatic rings. The highest BCUT2D eigenvalue weighted by Crippen LogP contribution is 2.34. The van der Waals surface area contributed by atoms with Gasteiger partial charge in [0.25, 0.3) is 5.56 Å². The second kappa shape index (κ2) is 6.16. The summed E-state index contributed by atoms with van der Waals surface area (Å²) in [5, 5.41) is 5.39. The van der Waals surface area contributed by atoms with Crippen molar-refractivity contribution in [1.82, 2.24) is 19.3 Å². The summed E-state index contributed by atoms with van der Waals surface area (Å²) in [6.45, 7) is 3.95. The molecule has 3 heterocycles. The summed E-state index contributed by atoms with van der Waals surface area (Å²) in [4.78, 5) is 20.8. The average Bonchev–Trinajstić information content (AvgIpc) is 3.21. The molecule has 1 aromatic carbocycles. The van der Waals surface area contributed by atoms with E-state index in [9.17, 15) is 4.79 Å². The highest BCUT2D eigenvalue weighted by atomic mass is 32.1. The van der Waals surface area contributed by atoms with Gasteiger partial charge >= 0.3 is 0 Å². The maximum Gasteiger partial charge on any atom is 0.268 e. The molecule has 0 spiro atoms. The molecule has 0 N–H and O–H groups in total. The average molecular weight is 376 g/mol. The van der Waals surface area contributed by atoms with Crippen molar-refractivity contribution in [3.63, 3.8) is 0 Å². The summed E-state index contributed by atoms with van der Waals surface area (Å²) in [7, 11) is 0. The van der Waals surface area contributed by atoms with Crippen molar-refractivity contribution in [3.05, 3.63) is 68.6 Å². The third-order valence-corrected chi connectivity index (χ3v) is 6.37. The van der Waals surface area contributed by atoms with Crippen molar-refractivity contribution >= 4 is 21.6 Å². The minimum absolute atomic E-state index is 0.00755. The molecule has 0 radical (unpaired) electrons. The summed E-state index contributed by atoms with van der Waals surface area (Å²) in [5.41, 5.74) is 3.91. The minimum atomic E-state index is 0.00755. The lowest BCUT2D eigenvalue weighted by Crippen LogP contribution is -2.25. The van der Waals surface area contributed by atoms with E-state index in [1.807, 2.05) is 50.2 Å². The van der Waals surface area contributed by atoms with Gasteiger partial charge in [0.15, 0.2) is 0 Å². The molecule has 0 aliphatic heterocycles. The molecule has 136 valence electrons. The molecule has 0 atom stereocenters. The van der Waals surface area contributed by atoms with Crippen LogP contribution in [-0.2, 0) is 12.8 Å². The first-order valence-corrected chi connectivity index (χ1v) is 10.1. The molecular formula is C21H20N4OS. The van der Waals surface area contributed by atoms with Gasteiger partial charge in [0.1, 0.15) is 4.83 Å². The van der Waals surface area contributed by atoms with Crippen LogP contribution in [0.5, 0.6) is 0 Å². The van der Waals surface area contributed by atoms with Crippen molar-refractivity contribution in [1.29, 1.82) is 0 Å². The van der Waals surface area contributed by atoms with Gasteiger partial charge in [-0.15, -0.1) is 11.3 Å². The zero-order chi connectivity index (χ0) is 18.5. The van der Waals surface area contributed by atoms with Gasteiger partial charge in [-0.3, -0.25) is 4.79 Å². The summed E-state index contributed by atoms with van der Waals surface area (Å²) in [5.74, 6) is 0.558. The van der Waals surface area contributed by atoms with E-state index in [0.717, 1.165) is 46.6 Å². The summed E-state index contributed by atoms with van der Waals surface area (Å²) >= 11 is 1.67. The Balaban J connectivity index is 1.91. The molecule has 27 heavy (non-hydrogen) atoms. The molecule has 5 rings (SSSR count). The molecule has 4 aromatic rings. The molecule has 0 saturated heterocycles. The standard InChI is InChI=1S/C21H20N4OS/c1-13-12-14(2)25(23-13)21-22-19-18(16-10-6-7-11-17(16)27-19)20(26)24(21)15-8-4-3-5-9-15/h3-5,8-9,12H,6-7,10-11H2,1-2H3. The Bertz CT molecular complexity index is 1220. The lowest BCUT2D eigenvalue weighted by atomic mass is 9.97. The number of aromatic nitrogens is 4. The third kappa shape index (κ3) is 2.55. The van der Waals surface area contributed by atoms with Gasteiger partial charge in [-0.2, -0.15) is 5.10 Å². The van der Waals surface area contributed by atoms with E-state index in [1.165, 1.54) is 16.9 Å². The molecule has 0 amide bonds. The Kier molecular flexibility index (Phi) is 3.75. The fourth-order valence-corrected chi connectivity index (χ4v) is 5.22. The number of hydrogen-bond donors (Lipinski definition) is 0. The van der Waals surface area contributed by atoms with Gasteiger partial charge in [-0.1, -0.05) is 18.2 Å². The number of rotatable bonds is 2. The number of hydrogen-bond acceptors (Lipinski definition) is 4. The topological polar surface area (TPSA) is 52.7 Å². The number of benzene rings is 1. The smallest absolute Gasteiger partial charge is 0.268 e. The minimum Gasteiger partial charge on any atom is -0.268 e. The third-order valence-electron chi connectivity index (χ3n) is 5.18.